The second-order valence-corrected chi connectivity index (χ2v) is 4.37. The minimum Gasteiger partial charge on any atom is -0.395 e. The van der Waals surface area contributed by atoms with E-state index in [9.17, 15) is 9.18 Å². The van der Waals surface area contributed by atoms with Crippen molar-refractivity contribution < 1.29 is 14.3 Å². The molecule has 1 aliphatic rings. The lowest BCUT2D eigenvalue weighted by Gasteiger charge is -2.22. The molecule has 1 fully saturated rings. The van der Waals surface area contributed by atoms with Crippen LogP contribution in [0, 0.1) is 5.82 Å². The van der Waals surface area contributed by atoms with Gasteiger partial charge < -0.3 is 15.3 Å². The minimum atomic E-state index is -0.442. The minimum absolute atomic E-state index is 0.0769. The number of carbonyl (C=O) groups excluding carboxylic acids is 1. The molecule has 0 saturated heterocycles. The third kappa shape index (κ3) is 2.46. The fourth-order valence-corrected chi connectivity index (χ4v) is 2.06. The lowest BCUT2D eigenvalue weighted by Crippen LogP contribution is -2.36. The number of aliphatic hydroxyl groups is 1. The van der Waals surface area contributed by atoms with Gasteiger partial charge in [0.15, 0.2) is 0 Å². The van der Waals surface area contributed by atoms with Gasteiger partial charge >= 0.3 is 0 Å². The van der Waals surface area contributed by atoms with Crippen LogP contribution in [0.3, 0.4) is 0 Å². The summed E-state index contributed by atoms with van der Waals surface area (Å²) in [5.41, 5.74) is 0.531. The largest absolute Gasteiger partial charge is 0.395 e. The van der Waals surface area contributed by atoms with E-state index in [1.54, 1.807) is 18.0 Å². The van der Waals surface area contributed by atoms with Gasteiger partial charge in [0.25, 0.3) is 5.91 Å². The van der Waals surface area contributed by atoms with Crippen LogP contribution in [0.1, 0.15) is 23.2 Å². The average Bonchev–Trinajstić information content (AvgIpc) is 3.19. The molecule has 2 N–H and O–H groups in total. The maximum Gasteiger partial charge on any atom is 0.256 e. The van der Waals surface area contributed by atoms with E-state index in [-0.39, 0.29) is 24.2 Å². The lowest BCUT2D eigenvalue weighted by molar-refractivity contribution is 0.0708. The normalized spacial score (nSPS) is 14.4. The van der Waals surface area contributed by atoms with E-state index in [1.165, 1.54) is 12.1 Å². The Kier molecular flexibility index (Phi) is 3.81. The van der Waals surface area contributed by atoms with Crippen LogP contribution in [0.2, 0.25) is 0 Å². The lowest BCUT2D eigenvalue weighted by atomic mass is 10.1. The van der Waals surface area contributed by atoms with Crippen molar-refractivity contribution in [3.8, 4) is 0 Å². The van der Waals surface area contributed by atoms with Crippen molar-refractivity contribution in [2.45, 2.75) is 18.9 Å². The molecule has 1 amide bonds. The number of anilines is 1. The number of halogens is 1. The maximum atomic E-state index is 13.6. The number of rotatable bonds is 5. The second-order valence-electron chi connectivity index (χ2n) is 4.37. The quantitative estimate of drug-likeness (QED) is 0.834. The predicted octanol–water partition coefficient (Wildman–Crippen LogP) is 1.46. The van der Waals surface area contributed by atoms with Gasteiger partial charge in [-0.25, -0.2) is 4.39 Å². The Bertz CT molecular complexity index is 447. The van der Waals surface area contributed by atoms with Crippen LogP contribution in [-0.2, 0) is 0 Å². The van der Waals surface area contributed by atoms with Crippen LogP contribution < -0.4 is 5.32 Å². The number of hydrogen-bond acceptors (Lipinski definition) is 3. The van der Waals surface area contributed by atoms with E-state index in [0.717, 1.165) is 12.8 Å². The van der Waals surface area contributed by atoms with Crippen LogP contribution in [0.15, 0.2) is 18.2 Å². The highest BCUT2D eigenvalue weighted by Crippen LogP contribution is 2.30. The van der Waals surface area contributed by atoms with Crippen LogP contribution in [0.25, 0.3) is 0 Å². The van der Waals surface area contributed by atoms with Crippen LogP contribution in [0.4, 0.5) is 10.1 Å². The third-order valence-electron chi connectivity index (χ3n) is 3.08. The van der Waals surface area contributed by atoms with Crippen molar-refractivity contribution >= 4 is 11.6 Å². The first kappa shape index (κ1) is 12.8. The van der Waals surface area contributed by atoms with Crippen LogP contribution in [-0.4, -0.2) is 42.2 Å². The standard InChI is InChI=1S/C13H17FN2O2/c1-15-12-10(3-2-4-11(12)14)13(18)16(7-8-17)9-5-6-9/h2-4,9,15,17H,5-8H2,1H3. The van der Waals surface area contributed by atoms with Crippen LogP contribution in [0.5, 0.6) is 0 Å². The van der Waals surface area contributed by atoms with Gasteiger partial charge in [0.1, 0.15) is 5.82 Å². The fourth-order valence-electron chi connectivity index (χ4n) is 2.06. The van der Waals surface area contributed by atoms with E-state index in [1.807, 2.05) is 0 Å². The molecule has 0 unspecified atom stereocenters. The Hall–Kier alpha value is -1.62. The SMILES string of the molecule is CNc1c(F)cccc1C(=O)N(CCO)C1CC1. The Morgan fingerprint density at radius 3 is 2.83 bits per heavy atom. The van der Waals surface area contributed by atoms with Crippen molar-refractivity contribution in [2.24, 2.45) is 0 Å². The van der Waals surface area contributed by atoms with Gasteiger partial charge in [-0.05, 0) is 25.0 Å². The number of hydrogen-bond donors (Lipinski definition) is 2. The van der Waals surface area contributed by atoms with Crippen molar-refractivity contribution in [3.05, 3.63) is 29.6 Å². The number of amides is 1. The number of para-hydroxylation sites is 1. The van der Waals surface area contributed by atoms with Gasteiger partial charge in [0, 0.05) is 19.6 Å². The molecule has 1 aromatic rings. The molecule has 1 aromatic carbocycles. The summed E-state index contributed by atoms with van der Waals surface area (Å²) in [5, 5.41) is 11.7. The van der Waals surface area contributed by atoms with E-state index in [4.69, 9.17) is 5.11 Å². The molecule has 0 aliphatic heterocycles. The molecule has 0 atom stereocenters. The zero-order chi connectivity index (χ0) is 13.1. The number of nitrogens with one attached hydrogen (secondary N) is 1. The van der Waals surface area contributed by atoms with Crippen LogP contribution >= 0.6 is 0 Å². The maximum absolute atomic E-state index is 13.6. The summed E-state index contributed by atoms with van der Waals surface area (Å²) >= 11 is 0. The summed E-state index contributed by atoms with van der Waals surface area (Å²) in [7, 11) is 1.59. The second kappa shape index (κ2) is 5.35. The molecule has 0 spiro atoms. The molecule has 2 rings (SSSR count). The smallest absolute Gasteiger partial charge is 0.256 e. The van der Waals surface area contributed by atoms with Crippen molar-refractivity contribution in [3.63, 3.8) is 0 Å². The zero-order valence-corrected chi connectivity index (χ0v) is 10.3. The molecule has 0 radical (unpaired) electrons. The zero-order valence-electron chi connectivity index (χ0n) is 10.3. The highest BCUT2D eigenvalue weighted by atomic mass is 19.1. The van der Waals surface area contributed by atoms with E-state index >= 15 is 0 Å². The van der Waals surface area contributed by atoms with Crippen molar-refractivity contribution in [2.75, 3.05) is 25.5 Å². The first-order valence-electron chi connectivity index (χ1n) is 6.07. The molecule has 0 aromatic heterocycles. The third-order valence-corrected chi connectivity index (χ3v) is 3.08. The van der Waals surface area contributed by atoms with Gasteiger partial charge in [0.05, 0.1) is 17.9 Å². The molecule has 4 nitrogen and oxygen atoms in total. The molecule has 0 bridgehead atoms. The fraction of sp³-hybridized carbons (Fsp3) is 0.462. The summed E-state index contributed by atoms with van der Waals surface area (Å²) in [4.78, 5) is 14.0. The van der Waals surface area contributed by atoms with Gasteiger partial charge in [-0.3, -0.25) is 4.79 Å². The Labute approximate surface area is 105 Å². The van der Waals surface area contributed by atoms with Gasteiger partial charge in [-0.15, -0.1) is 0 Å². The highest BCUT2D eigenvalue weighted by Gasteiger charge is 2.33. The van der Waals surface area contributed by atoms with Crippen molar-refractivity contribution in [1.29, 1.82) is 0 Å². The number of benzene rings is 1. The number of carbonyl (C=O) groups is 1. The monoisotopic (exact) mass is 252 g/mol. The Balaban J connectivity index is 2.29. The van der Waals surface area contributed by atoms with Crippen molar-refractivity contribution in [1.82, 2.24) is 4.90 Å². The van der Waals surface area contributed by atoms with E-state index in [0.29, 0.717) is 12.1 Å². The molecule has 98 valence electrons. The Morgan fingerprint density at radius 2 is 2.28 bits per heavy atom. The Morgan fingerprint density at radius 1 is 1.56 bits per heavy atom. The molecule has 18 heavy (non-hydrogen) atoms. The van der Waals surface area contributed by atoms with E-state index in [2.05, 4.69) is 5.32 Å². The van der Waals surface area contributed by atoms with Gasteiger partial charge in [-0.2, -0.15) is 0 Å². The van der Waals surface area contributed by atoms with E-state index < -0.39 is 5.82 Å². The molecule has 1 aliphatic carbocycles. The predicted molar refractivity (Wildman–Crippen MR) is 67.1 cm³/mol. The molecular weight excluding hydrogens is 235 g/mol. The summed E-state index contributed by atoms with van der Waals surface area (Å²) in [6, 6.07) is 4.63. The molecule has 1 saturated carbocycles. The molecule has 5 heteroatoms. The van der Waals surface area contributed by atoms with Gasteiger partial charge in [-0.1, -0.05) is 6.07 Å². The first-order chi connectivity index (χ1) is 8.69. The summed E-state index contributed by atoms with van der Waals surface area (Å²) < 4.78 is 13.6. The average molecular weight is 252 g/mol. The molecule has 0 heterocycles. The topological polar surface area (TPSA) is 52.6 Å². The molecular formula is C13H17FN2O2. The summed E-state index contributed by atoms with van der Waals surface area (Å²) in [6.07, 6.45) is 1.91. The summed E-state index contributed by atoms with van der Waals surface area (Å²) in [6.45, 7) is 0.218. The number of aliphatic hydroxyl groups excluding tert-OH is 1. The number of nitrogens with zero attached hydrogens (tertiary/aromatic N) is 1. The van der Waals surface area contributed by atoms with Gasteiger partial charge in [0.2, 0.25) is 0 Å². The summed E-state index contributed by atoms with van der Waals surface area (Å²) in [5.74, 6) is -0.668. The first-order valence-corrected chi connectivity index (χ1v) is 6.07. The highest BCUT2D eigenvalue weighted by molar-refractivity contribution is 6.00.